The molecule has 9 nitrogen and oxygen atoms in total. The van der Waals surface area contributed by atoms with Crippen LogP contribution in [0.2, 0.25) is 0 Å². The van der Waals surface area contributed by atoms with Crippen LogP contribution in [0.1, 0.15) is 33.6 Å². The fraction of sp³-hybridized carbons (Fsp3) is 0.111. The van der Waals surface area contributed by atoms with E-state index in [4.69, 9.17) is 15.3 Å². The van der Waals surface area contributed by atoms with Crippen molar-refractivity contribution in [1.82, 2.24) is 5.06 Å². The zero-order chi connectivity index (χ0) is 20.0. The van der Waals surface area contributed by atoms with Crippen molar-refractivity contribution in [2.75, 3.05) is 0 Å². The van der Waals surface area contributed by atoms with Crippen molar-refractivity contribution in [3.05, 3.63) is 59.7 Å². The Balaban J connectivity index is 0.000000223. The van der Waals surface area contributed by atoms with Gasteiger partial charge in [0.25, 0.3) is 11.8 Å². The quantitative estimate of drug-likeness (QED) is 0.690. The summed E-state index contributed by atoms with van der Waals surface area (Å²) in [4.78, 5) is 48.8. The van der Waals surface area contributed by atoms with Gasteiger partial charge in [-0.25, -0.2) is 9.59 Å². The maximum atomic E-state index is 11.6. The van der Waals surface area contributed by atoms with Crippen molar-refractivity contribution in [3.8, 4) is 11.5 Å². The number of hydroxylamine groups is 2. The summed E-state index contributed by atoms with van der Waals surface area (Å²) < 4.78 is 0. The number of carbonyl (C=O) groups excluding carboxylic acids is 3. The number of hydrogen-bond acceptors (Lipinski definition) is 7. The van der Waals surface area contributed by atoms with Gasteiger partial charge < -0.3 is 20.2 Å². The number of hydrogen-bond donors (Lipinski definition) is 3. The Morgan fingerprint density at radius 1 is 0.778 bits per heavy atom. The summed E-state index contributed by atoms with van der Waals surface area (Å²) in [5.41, 5.74) is 0.327. The highest BCUT2D eigenvalue weighted by molar-refractivity contribution is 6.02. The monoisotopic (exact) mass is 373 g/mol. The van der Waals surface area contributed by atoms with Gasteiger partial charge in [-0.2, -0.15) is 0 Å². The third-order valence-electron chi connectivity index (χ3n) is 3.40. The second kappa shape index (κ2) is 8.48. The summed E-state index contributed by atoms with van der Waals surface area (Å²) in [6.45, 7) is 0. The Labute approximate surface area is 153 Å². The molecular formula is C18H15NO8. The van der Waals surface area contributed by atoms with Crippen molar-refractivity contribution in [2.45, 2.75) is 12.8 Å². The molecule has 1 fully saturated rings. The molecule has 1 aliphatic heterocycles. The van der Waals surface area contributed by atoms with E-state index in [9.17, 15) is 19.2 Å². The van der Waals surface area contributed by atoms with E-state index in [1.54, 1.807) is 0 Å². The molecule has 2 aromatic carbocycles. The highest BCUT2D eigenvalue weighted by Crippen LogP contribution is 2.15. The topological polar surface area (TPSA) is 141 Å². The van der Waals surface area contributed by atoms with Crippen LogP contribution in [0, 0.1) is 0 Å². The average molecular weight is 373 g/mol. The van der Waals surface area contributed by atoms with Crippen LogP contribution >= 0.6 is 0 Å². The molecule has 9 heteroatoms. The molecule has 1 heterocycles. The molecule has 1 saturated heterocycles. The molecule has 27 heavy (non-hydrogen) atoms. The van der Waals surface area contributed by atoms with Gasteiger partial charge in [0.05, 0.1) is 11.1 Å². The van der Waals surface area contributed by atoms with Crippen LogP contribution in [0.5, 0.6) is 11.5 Å². The largest absolute Gasteiger partial charge is 0.508 e. The Hall–Kier alpha value is -3.88. The molecule has 0 unspecified atom stereocenters. The molecule has 140 valence electrons. The minimum Gasteiger partial charge on any atom is -0.508 e. The van der Waals surface area contributed by atoms with Gasteiger partial charge in [-0.3, -0.25) is 9.59 Å². The average Bonchev–Trinajstić information content (AvgIpc) is 2.95. The fourth-order valence-corrected chi connectivity index (χ4v) is 1.99. The molecule has 0 radical (unpaired) electrons. The van der Waals surface area contributed by atoms with Gasteiger partial charge in [-0.15, -0.1) is 5.06 Å². The van der Waals surface area contributed by atoms with Crippen LogP contribution in [0.25, 0.3) is 0 Å². The van der Waals surface area contributed by atoms with Gasteiger partial charge in [0.1, 0.15) is 11.5 Å². The Morgan fingerprint density at radius 3 is 1.59 bits per heavy atom. The first-order chi connectivity index (χ1) is 12.8. The van der Waals surface area contributed by atoms with E-state index in [-0.39, 0.29) is 35.5 Å². The molecule has 0 bridgehead atoms. The molecule has 0 spiro atoms. The van der Waals surface area contributed by atoms with Gasteiger partial charge in [-0.1, -0.05) is 0 Å². The van der Waals surface area contributed by atoms with Crippen molar-refractivity contribution in [3.63, 3.8) is 0 Å². The molecule has 3 rings (SSSR count). The van der Waals surface area contributed by atoms with Crippen LogP contribution in [0.3, 0.4) is 0 Å². The molecule has 2 amide bonds. The minimum atomic E-state index is -0.986. The van der Waals surface area contributed by atoms with Gasteiger partial charge >= 0.3 is 11.9 Å². The molecule has 3 N–H and O–H groups in total. The predicted molar refractivity (Wildman–Crippen MR) is 89.7 cm³/mol. The van der Waals surface area contributed by atoms with E-state index in [0.717, 1.165) is 0 Å². The lowest BCUT2D eigenvalue weighted by Gasteiger charge is -2.12. The van der Waals surface area contributed by atoms with E-state index >= 15 is 0 Å². The molecule has 0 atom stereocenters. The number of benzene rings is 2. The van der Waals surface area contributed by atoms with Crippen LogP contribution in [0.4, 0.5) is 0 Å². The lowest BCUT2D eigenvalue weighted by Crippen LogP contribution is -2.32. The summed E-state index contributed by atoms with van der Waals surface area (Å²) in [7, 11) is 0. The summed E-state index contributed by atoms with van der Waals surface area (Å²) in [6, 6.07) is 10.7. The van der Waals surface area contributed by atoms with E-state index in [2.05, 4.69) is 4.84 Å². The van der Waals surface area contributed by atoms with Gasteiger partial charge in [0, 0.05) is 12.8 Å². The Kier molecular flexibility index (Phi) is 6.10. The zero-order valence-corrected chi connectivity index (χ0v) is 13.9. The number of rotatable bonds is 3. The molecule has 2 aromatic rings. The summed E-state index contributed by atoms with van der Waals surface area (Å²) in [5, 5.41) is 26.7. The lowest BCUT2D eigenvalue weighted by molar-refractivity contribution is -0.172. The van der Waals surface area contributed by atoms with Crippen LogP contribution < -0.4 is 0 Å². The predicted octanol–water partition coefficient (Wildman–Crippen LogP) is 1.70. The number of nitrogens with zero attached hydrogens (tertiary/aromatic N) is 1. The van der Waals surface area contributed by atoms with Crippen molar-refractivity contribution >= 4 is 23.8 Å². The molecule has 0 aromatic heterocycles. The first kappa shape index (κ1) is 19.4. The number of carboxylic acids is 1. The highest BCUT2D eigenvalue weighted by atomic mass is 16.7. The number of aromatic carboxylic acids is 1. The third kappa shape index (κ3) is 5.30. The number of carbonyl (C=O) groups is 4. The standard InChI is InChI=1S/C11H9NO5.C7H6O3/c13-8-3-1-7(2-4-8)11(16)17-12-9(14)5-6-10(12)15;8-6-3-1-5(2-4-6)7(9)10/h1-4,13H,5-6H2;1-4,8H,(H,9,10). The lowest BCUT2D eigenvalue weighted by atomic mass is 10.2. The number of amides is 2. The van der Waals surface area contributed by atoms with Crippen molar-refractivity contribution < 1.29 is 39.3 Å². The number of aromatic hydroxyl groups is 2. The Bertz CT molecular complexity index is 842. The van der Waals surface area contributed by atoms with Crippen molar-refractivity contribution in [2.24, 2.45) is 0 Å². The molecular weight excluding hydrogens is 358 g/mol. The van der Waals surface area contributed by atoms with Crippen LogP contribution in [-0.2, 0) is 14.4 Å². The first-order valence-electron chi connectivity index (χ1n) is 7.67. The number of carboxylic acid groups (broad SMARTS) is 1. The van der Waals surface area contributed by atoms with Gasteiger partial charge in [-0.05, 0) is 48.5 Å². The second-order valence-electron chi connectivity index (χ2n) is 5.36. The van der Waals surface area contributed by atoms with E-state index in [0.29, 0.717) is 5.06 Å². The maximum Gasteiger partial charge on any atom is 0.363 e. The summed E-state index contributed by atoms with van der Waals surface area (Å²) in [5.74, 6) is -2.77. The molecule has 1 aliphatic rings. The smallest absolute Gasteiger partial charge is 0.363 e. The normalized spacial score (nSPS) is 13.0. The highest BCUT2D eigenvalue weighted by Gasteiger charge is 2.33. The SMILES string of the molecule is O=C(O)c1ccc(O)cc1.O=C(ON1C(=O)CCC1=O)c1ccc(O)cc1. The van der Waals surface area contributed by atoms with Crippen LogP contribution in [-0.4, -0.2) is 44.1 Å². The van der Waals surface area contributed by atoms with Crippen LogP contribution in [0.15, 0.2) is 48.5 Å². The zero-order valence-electron chi connectivity index (χ0n) is 13.9. The third-order valence-corrected chi connectivity index (χ3v) is 3.40. The van der Waals surface area contributed by atoms with Gasteiger partial charge in [0.15, 0.2) is 0 Å². The number of phenolic OH excluding ortho intramolecular Hbond substituents is 2. The fourth-order valence-electron chi connectivity index (χ4n) is 1.99. The number of phenols is 2. The molecule has 0 aliphatic carbocycles. The van der Waals surface area contributed by atoms with E-state index < -0.39 is 23.8 Å². The second-order valence-corrected chi connectivity index (χ2v) is 5.36. The Morgan fingerprint density at radius 2 is 1.19 bits per heavy atom. The summed E-state index contributed by atoms with van der Waals surface area (Å²) in [6.07, 6.45) is 0.114. The van der Waals surface area contributed by atoms with Crippen molar-refractivity contribution in [1.29, 1.82) is 0 Å². The summed E-state index contributed by atoms with van der Waals surface area (Å²) >= 11 is 0. The number of imide groups is 1. The first-order valence-corrected chi connectivity index (χ1v) is 7.67. The van der Waals surface area contributed by atoms with Gasteiger partial charge in [0.2, 0.25) is 0 Å². The maximum absolute atomic E-state index is 11.6. The minimum absolute atomic E-state index is 0.00914. The molecule has 0 saturated carbocycles. The van der Waals surface area contributed by atoms with E-state index in [1.807, 2.05) is 0 Å². The van der Waals surface area contributed by atoms with E-state index in [1.165, 1.54) is 48.5 Å².